The monoisotopic (exact) mass is 211 g/mol. The van der Waals surface area contributed by atoms with Gasteiger partial charge in [-0.15, -0.1) is 0 Å². The Balaban J connectivity index is 2.35. The van der Waals surface area contributed by atoms with Gasteiger partial charge in [0.25, 0.3) is 0 Å². The minimum atomic E-state index is -0.706. The highest BCUT2D eigenvalue weighted by Gasteiger charge is 2.40. The molecule has 0 radical (unpaired) electrons. The molecule has 0 aromatic rings. The first kappa shape index (κ1) is 9.48. The standard InChI is InChI=1S/C9H9NO3S/c1-9(13-2)10-7-5(11)3-4-6(12)8(7)14-9/h3-4,10H,1-2H3. The molecule has 2 rings (SSSR count). The Labute approximate surface area is 85.4 Å². The first-order valence-electron chi connectivity index (χ1n) is 4.09. The van der Waals surface area contributed by atoms with Gasteiger partial charge >= 0.3 is 0 Å². The highest BCUT2D eigenvalue weighted by atomic mass is 32.2. The number of carbonyl (C=O) groups is 2. The van der Waals surface area contributed by atoms with E-state index in [0.29, 0.717) is 10.6 Å². The van der Waals surface area contributed by atoms with Crippen molar-refractivity contribution in [3.8, 4) is 0 Å². The SMILES string of the molecule is COC1(C)NC2=C(S1)C(=O)C=CC2=O. The summed E-state index contributed by atoms with van der Waals surface area (Å²) in [6, 6.07) is 0. The Hall–Kier alpha value is -1.07. The number of ketones is 2. The minimum Gasteiger partial charge on any atom is -0.350 e. The Morgan fingerprint density at radius 2 is 2.00 bits per heavy atom. The fraction of sp³-hybridized carbons (Fsp3) is 0.333. The molecule has 1 atom stereocenters. The highest BCUT2D eigenvalue weighted by molar-refractivity contribution is 8.05. The zero-order valence-electron chi connectivity index (χ0n) is 7.79. The van der Waals surface area contributed by atoms with Crippen LogP contribution in [0.25, 0.3) is 0 Å². The zero-order chi connectivity index (χ0) is 10.3. The summed E-state index contributed by atoms with van der Waals surface area (Å²) in [5.41, 5.74) is 0.354. The van der Waals surface area contributed by atoms with Crippen LogP contribution in [-0.4, -0.2) is 23.7 Å². The van der Waals surface area contributed by atoms with Crippen LogP contribution in [0.5, 0.6) is 0 Å². The summed E-state index contributed by atoms with van der Waals surface area (Å²) in [4.78, 5) is 23.3. The van der Waals surface area contributed by atoms with Gasteiger partial charge in [0.1, 0.15) is 5.70 Å². The largest absolute Gasteiger partial charge is 0.350 e. The number of thioether (sulfide) groups is 1. The van der Waals surface area contributed by atoms with Crippen molar-refractivity contribution in [3.05, 3.63) is 22.8 Å². The molecule has 1 unspecified atom stereocenters. The number of rotatable bonds is 1. The van der Waals surface area contributed by atoms with Crippen molar-refractivity contribution in [1.29, 1.82) is 0 Å². The number of hydrogen-bond acceptors (Lipinski definition) is 5. The van der Waals surface area contributed by atoms with Crippen LogP contribution in [0.2, 0.25) is 0 Å². The summed E-state index contributed by atoms with van der Waals surface area (Å²) >= 11 is 1.23. The Bertz CT molecular complexity index is 354. The molecule has 5 heteroatoms. The van der Waals surface area contributed by atoms with Gasteiger partial charge in [-0.3, -0.25) is 9.59 Å². The second-order valence-electron chi connectivity index (χ2n) is 3.14. The second kappa shape index (κ2) is 2.96. The molecule has 74 valence electrons. The van der Waals surface area contributed by atoms with Gasteiger partial charge in [-0.25, -0.2) is 0 Å². The van der Waals surface area contributed by atoms with Crippen LogP contribution >= 0.6 is 11.8 Å². The van der Waals surface area contributed by atoms with Crippen LogP contribution in [-0.2, 0) is 14.3 Å². The van der Waals surface area contributed by atoms with E-state index >= 15 is 0 Å². The van der Waals surface area contributed by atoms with E-state index < -0.39 is 5.06 Å². The van der Waals surface area contributed by atoms with E-state index in [2.05, 4.69) is 5.32 Å². The lowest BCUT2D eigenvalue weighted by atomic mass is 10.1. The van der Waals surface area contributed by atoms with Crippen molar-refractivity contribution in [2.45, 2.75) is 12.0 Å². The normalized spacial score (nSPS) is 30.7. The Kier molecular flexibility index (Phi) is 2.01. The smallest absolute Gasteiger partial charge is 0.203 e. The predicted molar refractivity (Wildman–Crippen MR) is 52.3 cm³/mol. The number of carbonyl (C=O) groups excluding carboxylic acids is 2. The van der Waals surface area contributed by atoms with Gasteiger partial charge in [0.05, 0.1) is 4.91 Å². The van der Waals surface area contributed by atoms with E-state index in [-0.39, 0.29) is 11.6 Å². The maximum absolute atomic E-state index is 11.4. The van der Waals surface area contributed by atoms with Crippen LogP contribution in [0, 0.1) is 0 Å². The molecule has 1 N–H and O–H groups in total. The number of hydrogen-bond donors (Lipinski definition) is 1. The number of ether oxygens (including phenoxy) is 1. The molecule has 0 spiro atoms. The van der Waals surface area contributed by atoms with Crippen LogP contribution < -0.4 is 5.32 Å². The lowest BCUT2D eigenvalue weighted by Crippen LogP contribution is -2.37. The van der Waals surface area contributed by atoms with Crippen molar-refractivity contribution in [3.63, 3.8) is 0 Å². The molecule has 0 aromatic carbocycles. The third-order valence-corrected chi connectivity index (χ3v) is 3.39. The summed E-state index contributed by atoms with van der Waals surface area (Å²) in [6.45, 7) is 1.77. The van der Waals surface area contributed by atoms with Gasteiger partial charge in [0.2, 0.25) is 5.78 Å². The zero-order valence-corrected chi connectivity index (χ0v) is 8.60. The average Bonchev–Trinajstić information content (AvgIpc) is 2.52. The Morgan fingerprint density at radius 1 is 1.36 bits per heavy atom. The van der Waals surface area contributed by atoms with E-state index in [1.54, 1.807) is 6.92 Å². The molecule has 0 bridgehead atoms. The molecule has 0 aromatic heterocycles. The maximum Gasteiger partial charge on any atom is 0.203 e. The minimum absolute atomic E-state index is 0.141. The topological polar surface area (TPSA) is 55.4 Å². The molecular weight excluding hydrogens is 202 g/mol. The van der Waals surface area contributed by atoms with E-state index in [9.17, 15) is 9.59 Å². The molecule has 1 aliphatic carbocycles. The molecule has 0 fully saturated rings. The van der Waals surface area contributed by atoms with Crippen molar-refractivity contribution in [2.24, 2.45) is 0 Å². The molecular formula is C9H9NO3S. The van der Waals surface area contributed by atoms with Gasteiger partial charge in [-0.05, 0) is 19.1 Å². The van der Waals surface area contributed by atoms with Crippen LogP contribution in [0.3, 0.4) is 0 Å². The van der Waals surface area contributed by atoms with Crippen LogP contribution in [0.15, 0.2) is 22.8 Å². The summed E-state index contributed by atoms with van der Waals surface area (Å²) < 4.78 is 5.17. The highest BCUT2D eigenvalue weighted by Crippen LogP contribution is 2.41. The lowest BCUT2D eigenvalue weighted by Gasteiger charge is -2.22. The lowest BCUT2D eigenvalue weighted by molar-refractivity contribution is -0.115. The summed E-state index contributed by atoms with van der Waals surface area (Å²) in [5.74, 6) is -0.314. The average molecular weight is 211 g/mol. The molecule has 2 aliphatic rings. The first-order chi connectivity index (χ1) is 6.56. The number of allylic oxidation sites excluding steroid dienone is 3. The van der Waals surface area contributed by atoms with Crippen LogP contribution in [0.1, 0.15) is 6.92 Å². The third kappa shape index (κ3) is 1.29. The van der Waals surface area contributed by atoms with E-state index in [1.165, 1.54) is 31.0 Å². The van der Waals surface area contributed by atoms with Gasteiger partial charge in [-0.1, -0.05) is 11.8 Å². The quantitative estimate of drug-likeness (QED) is 0.642. The van der Waals surface area contributed by atoms with E-state index in [0.717, 1.165) is 0 Å². The summed E-state index contributed by atoms with van der Waals surface area (Å²) in [7, 11) is 1.53. The molecule has 0 saturated carbocycles. The third-order valence-electron chi connectivity index (χ3n) is 2.12. The molecule has 0 amide bonds. The maximum atomic E-state index is 11.4. The summed E-state index contributed by atoms with van der Waals surface area (Å²) in [5, 5.41) is 2.19. The predicted octanol–water partition coefficient (Wildman–Crippen LogP) is 0.562. The van der Waals surface area contributed by atoms with Crippen molar-refractivity contribution < 1.29 is 14.3 Å². The van der Waals surface area contributed by atoms with Crippen molar-refractivity contribution in [1.82, 2.24) is 5.32 Å². The summed E-state index contributed by atoms with van der Waals surface area (Å²) in [6.07, 6.45) is 2.56. The van der Waals surface area contributed by atoms with Gasteiger partial charge < -0.3 is 10.1 Å². The van der Waals surface area contributed by atoms with Gasteiger partial charge in [0.15, 0.2) is 10.8 Å². The molecule has 1 heterocycles. The molecule has 14 heavy (non-hydrogen) atoms. The van der Waals surface area contributed by atoms with Gasteiger partial charge in [0, 0.05) is 7.11 Å². The number of nitrogens with one attached hydrogen (secondary N) is 1. The molecule has 1 aliphatic heterocycles. The van der Waals surface area contributed by atoms with Gasteiger partial charge in [-0.2, -0.15) is 0 Å². The number of methoxy groups -OCH3 is 1. The molecule has 0 saturated heterocycles. The van der Waals surface area contributed by atoms with E-state index in [1.807, 2.05) is 0 Å². The van der Waals surface area contributed by atoms with Crippen LogP contribution in [0.4, 0.5) is 0 Å². The Morgan fingerprint density at radius 3 is 2.57 bits per heavy atom. The first-order valence-corrected chi connectivity index (χ1v) is 4.91. The fourth-order valence-electron chi connectivity index (χ4n) is 1.31. The van der Waals surface area contributed by atoms with Crippen molar-refractivity contribution >= 4 is 23.3 Å². The second-order valence-corrected chi connectivity index (χ2v) is 4.53. The van der Waals surface area contributed by atoms with E-state index in [4.69, 9.17) is 4.74 Å². The van der Waals surface area contributed by atoms with Crippen molar-refractivity contribution in [2.75, 3.05) is 7.11 Å². The molecule has 4 nitrogen and oxygen atoms in total. The fourth-order valence-corrected chi connectivity index (χ4v) is 2.35.